The van der Waals surface area contributed by atoms with Gasteiger partial charge < -0.3 is 14.9 Å². The molecule has 164 valence electrons. The van der Waals surface area contributed by atoms with Gasteiger partial charge in [-0.05, 0) is 30.3 Å². The van der Waals surface area contributed by atoms with Gasteiger partial charge in [-0.15, -0.1) is 0 Å². The molecule has 1 aromatic heterocycles. The highest BCUT2D eigenvalue weighted by molar-refractivity contribution is 7.89. The van der Waals surface area contributed by atoms with Crippen LogP contribution in [0.3, 0.4) is 0 Å². The third kappa shape index (κ3) is 4.51. The summed E-state index contributed by atoms with van der Waals surface area (Å²) in [5.41, 5.74) is -3.14. The lowest BCUT2D eigenvalue weighted by molar-refractivity contribution is -0.141. The van der Waals surface area contributed by atoms with Crippen molar-refractivity contribution in [3.05, 3.63) is 52.3 Å². The second-order valence-corrected chi connectivity index (χ2v) is 9.37. The Morgan fingerprint density at radius 1 is 1.27 bits per heavy atom. The monoisotopic (exact) mass is 486 g/mol. The summed E-state index contributed by atoms with van der Waals surface area (Å²) in [7, 11) is -4.19. The number of hydrogen-bond acceptors (Lipinski definition) is 6. The van der Waals surface area contributed by atoms with Crippen LogP contribution in [0.4, 0.5) is 13.2 Å². The second-order valence-electron chi connectivity index (χ2n) is 6.62. The first-order valence-electron chi connectivity index (χ1n) is 8.35. The Hall–Kier alpha value is -1.63. The molecule has 2 atom stereocenters. The molecule has 0 radical (unpaired) electrons. The highest BCUT2D eigenvalue weighted by Gasteiger charge is 2.51. The van der Waals surface area contributed by atoms with Crippen LogP contribution >= 0.6 is 23.2 Å². The SMILES string of the molecule is O=S(=O)(c1ccc(Cl)cc1Cl)N1CC(Oc2ccc(C(F)(F)F)nc2)[C@](O)(CO)C1. The van der Waals surface area contributed by atoms with E-state index >= 15 is 0 Å². The zero-order chi connectivity index (χ0) is 22.3. The molecule has 0 amide bonds. The van der Waals surface area contributed by atoms with Crippen molar-refractivity contribution < 1.29 is 36.5 Å². The van der Waals surface area contributed by atoms with Gasteiger partial charge in [0.05, 0.1) is 24.4 Å². The predicted octanol–water partition coefficient (Wildman–Crippen LogP) is 2.58. The molecule has 2 N–H and O–H groups in total. The second kappa shape index (κ2) is 8.13. The number of alkyl halides is 3. The molecule has 7 nitrogen and oxygen atoms in total. The van der Waals surface area contributed by atoms with E-state index in [9.17, 15) is 31.8 Å². The Labute approximate surface area is 179 Å². The van der Waals surface area contributed by atoms with Crippen molar-refractivity contribution in [3.63, 3.8) is 0 Å². The maximum Gasteiger partial charge on any atom is 0.433 e. The quantitative estimate of drug-likeness (QED) is 0.673. The fraction of sp³-hybridized carbons (Fsp3) is 0.353. The number of halogens is 5. The van der Waals surface area contributed by atoms with Gasteiger partial charge in [0.15, 0.2) is 0 Å². The lowest BCUT2D eigenvalue weighted by atomic mass is 10.0. The molecule has 0 aliphatic carbocycles. The van der Waals surface area contributed by atoms with E-state index in [0.717, 1.165) is 16.6 Å². The van der Waals surface area contributed by atoms with Crippen LogP contribution in [0.15, 0.2) is 41.4 Å². The normalized spacial score (nSPS) is 23.0. The maximum atomic E-state index is 12.9. The van der Waals surface area contributed by atoms with Crippen LogP contribution in [0.25, 0.3) is 0 Å². The number of aliphatic hydroxyl groups excluding tert-OH is 1. The minimum Gasteiger partial charge on any atom is -0.484 e. The van der Waals surface area contributed by atoms with Crippen LogP contribution in [-0.2, 0) is 16.2 Å². The van der Waals surface area contributed by atoms with Crippen molar-refractivity contribution in [1.29, 1.82) is 0 Å². The van der Waals surface area contributed by atoms with E-state index in [1.165, 1.54) is 18.2 Å². The molecule has 0 bridgehead atoms. The minimum atomic E-state index is -4.64. The Bertz CT molecular complexity index is 1040. The third-order valence-electron chi connectivity index (χ3n) is 4.51. The van der Waals surface area contributed by atoms with Crippen molar-refractivity contribution in [2.24, 2.45) is 0 Å². The number of aromatic nitrogens is 1. The maximum absolute atomic E-state index is 12.9. The van der Waals surface area contributed by atoms with Crippen molar-refractivity contribution in [2.75, 3.05) is 19.7 Å². The molecular weight excluding hydrogens is 472 g/mol. The highest BCUT2D eigenvalue weighted by Crippen LogP contribution is 2.34. The molecule has 1 aliphatic rings. The van der Waals surface area contributed by atoms with E-state index in [2.05, 4.69) is 4.98 Å². The van der Waals surface area contributed by atoms with Gasteiger partial charge in [-0.3, -0.25) is 0 Å². The summed E-state index contributed by atoms with van der Waals surface area (Å²) in [4.78, 5) is 2.99. The molecule has 1 aliphatic heterocycles. The van der Waals surface area contributed by atoms with Crippen molar-refractivity contribution in [1.82, 2.24) is 9.29 Å². The van der Waals surface area contributed by atoms with Gasteiger partial charge in [-0.25, -0.2) is 13.4 Å². The standard InChI is InChI=1S/C17H15Cl2F3N2O5S/c18-10-1-3-13(12(19)5-10)30(27,28)24-7-15(16(26,8-24)9-25)29-11-2-4-14(23-6-11)17(20,21)22/h1-6,15,25-26H,7-9H2/t15?,16-/m1/s1. The number of sulfonamides is 1. The van der Waals surface area contributed by atoms with Gasteiger partial charge in [0.25, 0.3) is 0 Å². The van der Waals surface area contributed by atoms with Crippen LogP contribution in [-0.4, -0.2) is 59.3 Å². The largest absolute Gasteiger partial charge is 0.484 e. The molecule has 2 heterocycles. The number of benzene rings is 1. The van der Waals surface area contributed by atoms with E-state index in [1.54, 1.807) is 0 Å². The lowest BCUT2D eigenvalue weighted by Gasteiger charge is -2.27. The third-order valence-corrected chi connectivity index (χ3v) is 7.04. The summed E-state index contributed by atoms with van der Waals surface area (Å²) in [6.07, 6.45) is -5.12. The number of pyridine rings is 1. The molecular formula is C17H15Cl2F3N2O5S. The number of nitrogens with zero attached hydrogens (tertiary/aromatic N) is 2. The zero-order valence-electron chi connectivity index (χ0n) is 15.0. The minimum absolute atomic E-state index is 0.133. The van der Waals surface area contributed by atoms with Gasteiger partial charge in [-0.2, -0.15) is 17.5 Å². The summed E-state index contributed by atoms with van der Waals surface area (Å²) in [6, 6.07) is 5.44. The van der Waals surface area contributed by atoms with Crippen molar-refractivity contribution >= 4 is 33.2 Å². The number of aliphatic hydroxyl groups is 2. The average Bonchev–Trinajstić information content (AvgIpc) is 2.99. The van der Waals surface area contributed by atoms with Crippen LogP contribution in [0.1, 0.15) is 5.69 Å². The van der Waals surface area contributed by atoms with E-state index in [1.807, 2.05) is 0 Å². The fourth-order valence-corrected chi connectivity index (χ4v) is 5.16. The first kappa shape index (κ1) is 23.0. The Morgan fingerprint density at radius 3 is 2.50 bits per heavy atom. The van der Waals surface area contributed by atoms with Crippen LogP contribution < -0.4 is 4.74 Å². The van der Waals surface area contributed by atoms with E-state index in [-0.39, 0.29) is 27.2 Å². The first-order chi connectivity index (χ1) is 13.9. The smallest absolute Gasteiger partial charge is 0.433 e. The summed E-state index contributed by atoms with van der Waals surface area (Å²) in [5, 5.41) is 20.4. The van der Waals surface area contributed by atoms with Crippen LogP contribution in [0, 0.1) is 0 Å². The van der Waals surface area contributed by atoms with Crippen LogP contribution in [0.5, 0.6) is 5.75 Å². The Balaban J connectivity index is 1.85. The van der Waals surface area contributed by atoms with E-state index < -0.39 is 46.8 Å². The topological polar surface area (TPSA) is 100.0 Å². The molecule has 30 heavy (non-hydrogen) atoms. The number of β-amino-alcohol motifs (C(OH)–C–C–N with tert-alkyl or cyclic N) is 1. The number of rotatable bonds is 5. The van der Waals surface area contributed by atoms with Gasteiger partial charge in [0, 0.05) is 11.6 Å². The fourth-order valence-electron chi connectivity index (χ4n) is 2.91. The molecule has 1 saturated heterocycles. The average molecular weight is 487 g/mol. The molecule has 2 aromatic rings. The molecule has 1 fully saturated rings. The van der Waals surface area contributed by atoms with Crippen LogP contribution in [0.2, 0.25) is 10.0 Å². The molecule has 3 rings (SSSR count). The van der Waals surface area contributed by atoms with Gasteiger partial charge in [0.2, 0.25) is 10.0 Å². The number of ether oxygens (including phenoxy) is 1. The molecule has 1 aromatic carbocycles. The van der Waals surface area contributed by atoms with Crippen molar-refractivity contribution in [2.45, 2.75) is 22.8 Å². The van der Waals surface area contributed by atoms with E-state index in [4.69, 9.17) is 27.9 Å². The molecule has 13 heteroatoms. The lowest BCUT2D eigenvalue weighted by Crippen LogP contribution is -2.48. The highest BCUT2D eigenvalue weighted by atomic mass is 35.5. The summed E-state index contributed by atoms with van der Waals surface area (Å²) in [6.45, 7) is -1.77. The van der Waals surface area contributed by atoms with Gasteiger partial charge >= 0.3 is 6.18 Å². The summed E-state index contributed by atoms with van der Waals surface area (Å²) < 4.78 is 70.1. The Kier molecular flexibility index (Phi) is 6.25. The molecule has 0 spiro atoms. The van der Waals surface area contributed by atoms with Gasteiger partial charge in [0.1, 0.15) is 28.0 Å². The van der Waals surface area contributed by atoms with Gasteiger partial charge in [-0.1, -0.05) is 23.2 Å². The van der Waals surface area contributed by atoms with E-state index in [0.29, 0.717) is 6.07 Å². The summed E-state index contributed by atoms with van der Waals surface area (Å²) in [5.74, 6) is -0.136. The molecule has 1 unspecified atom stereocenters. The summed E-state index contributed by atoms with van der Waals surface area (Å²) >= 11 is 11.8. The zero-order valence-corrected chi connectivity index (χ0v) is 17.3. The first-order valence-corrected chi connectivity index (χ1v) is 10.5. The number of hydrogen-bond donors (Lipinski definition) is 2. The Morgan fingerprint density at radius 2 is 1.97 bits per heavy atom. The van der Waals surface area contributed by atoms with Crippen molar-refractivity contribution in [3.8, 4) is 5.75 Å². The molecule has 0 saturated carbocycles. The predicted molar refractivity (Wildman–Crippen MR) is 101 cm³/mol.